The van der Waals surface area contributed by atoms with Crippen LogP contribution in [0.5, 0.6) is 0 Å². The lowest BCUT2D eigenvalue weighted by Gasteiger charge is -2.36. The molecule has 1 nitrogen and oxygen atoms in total. The molecular formula is C11H23N. The summed E-state index contributed by atoms with van der Waals surface area (Å²) in [6.45, 7) is 11.8. The zero-order valence-corrected chi connectivity index (χ0v) is 9.06. The van der Waals surface area contributed by atoms with Crippen molar-refractivity contribution >= 4 is 0 Å². The highest BCUT2D eigenvalue weighted by Crippen LogP contribution is 2.20. The molecule has 0 aromatic heterocycles. The Hall–Kier alpha value is -0.300. The van der Waals surface area contributed by atoms with Gasteiger partial charge in [0.1, 0.15) is 0 Å². The molecule has 0 saturated heterocycles. The van der Waals surface area contributed by atoms with Crippen LogP contribution in [-0.4, -0.2) is 24.0 Å². The molecule has 0 spiro atoms. The Morgan fingerprint density at radius 3 is 2.25 bits per heavy atom. The summed E-state index contributed by atoms with van der Waals surface area (Å²) in [6, 6.07) is 0. The van der Waals surface area contributed by atoms with Gasteiger partial charge in [0.25, 0.3) is 0 Å². The number of nitrogens with zero attached hydrogens (tertiary/aromatic N) is 1. The summed E-state index contributed by atoms with van der Waals surface area (Å²) in [4.78, 5) is 2.39. The second-order valence-corrected chi connectivity index (χ2v) is 3.73. The Morgan fingerprint density at radius 2 is 1.92 bits per heavy atom. The number of hydrogen-bond donors (Lipinski definition) is 0. The molecule has 12 heavy (non-hydrogen) atoms. The lowest BCUT2D eigenvalue weighted by molar-refractivity contribution is 0.174. The maximum atomic E-state index is 3.91. The van der Waals surface area contributed by atoms with Crippen LogP contribution in [0.15, 0.2) is 12.7 Å². The molecule has 0 aliphatic heterocycles. The number of rotatable bonds is 6. The van der Waals surface area contributed by atoms with Crippen LogP contribution >= 0.6 is 0 Å². The van der Waals surface area contributed by atoms with Gasteiger partial charge in [-0.3, -0.25) is 4.90 Å². The predicted octanol–water partition coefficient (Wildman–Crippen LogP) is 3.07. The molecule has 1 unspecified atom stereocenters. The van der Waals surface area contributed by atoms with Crippen LogP contribution in [0.4, 0.5) is 0 Å². The van der Waals surface area contributed by atoms with E-state index in [1.165, 1.54) is 19.3 Å². The molecule has 0 heterocycles. The van der Waals surface area contributed by atoms with Crippen molar-refractivity contribution in [3.05, 3.63) is 12.7 Å². The maximum Gasteiger partial charge on any atom is 0.0357 e. The monoisotopic (exact) mass is 169 g/mol. The van der Waals surface area contributed by atoms with E-state index in [9.17, 15) is 0 Å². The second-order valence-electron chi connectivity index (χ2n) is 3.73. The van der Waals surface area contributed by atoms with E-state index >= 15 is 0 Å². The number of hydrogen-bond acceptors (Lipinski definition) is 1. The van der Waals surface area contributed by atoms with Crippen molar-refractivity contribution in [3.8, 4) is 0 Å². The summed E-state index contributed by atoms with van der Waals surface area (Å²) < 4.78 is 0. The molecule has 0 aromatic carbocycles. The molecule has 1 atom stereocenters. The third-order valence-corrected chi connectivity index (χ3v) is 2.63. The highest BCUT2D eigenvalue weighted by atomic mass is 15.2. The van der Waals surface area contributed by atoms with E-state index in [-0.39, 0.29) is 5.54 Å². The van der Waals surface area contributed by atoms with Crippen molar-refractivity contribution in [2.75, 3.05) is 13.6 Å². The van der Waals surface area contributed by atoms with Gasteiger partial charge in [0, 0.05) is 5.54 Å². The summed E-state index contributed by atoms with van der Waals surface area (Å²) >= 11 is 0. The van der Waals surface area contributed by atoms with Crippen molar-refractivity contribution < 1.29 is 0 Å². The molecule has 0 amide bonds. The summed E-state index contributed by atoms with van der Waals surface area (Å²) in [5.74, 6) is 0. The molecule has 0 N–H and O–H groups in total. The molecule has 0 bridgehead atoms. The quantitative estimate of drug-likeness (QED) is 0.552. The number of likely N-dealkylation sites (N-methyl/N-ethyl adjacent to an activating group) is 1. The standard InChI is InChI=1S/C11H23N/c1-6-9-11(4,8-3)12(5)10-7-2/h8H,3,6-7,9-10H2,1-2,4-5H3. The Labute approximate surface area is 77.5 Å². The van der Waals surface area contributed by atoms with Crippen molar-refractivity contribution in [2.24, 2.45) is 0 Å². The van der Waals surface area contributed by atoms with Gasteiger partial charge >= 0.3 is 0 Å². The van der Waals surface area contributed by atoms with Gasteiger partial charge in [-0.25, -0.2) is 0 Å². The third kappa shape index (κ3) is 2.98. The predicted molar refractivity (Wildman–Crippen MR) is 56.4 cm³/mol. The molecule has 0 saturated carbocycles. The molecular weight excluding hydrogens is 146 g/mol. The molecule has 0 aromatic rings. The van der Waals surface area contributed by atoms with Crippen LogP contribution in [0.2, 0.25) is 0 Å². The minimum absolute atomic E-state index is 0.199. The van der Waals surface area contributed by atoms with Crippen LogP contribution < -0.4 is 0 Å². The minimum Gasteiger partial charge on any atom is -0.298 e. The van der Waals surface area contributed by atoms with Crippen LogP contribution in [-0.2, 0) is 0 Å². The SMILES string of the molecule is C=CC(C)(CCC)N(C)CCC. The highest BCUT2D eigenvalue weighted by molar-refractivity contribution is 4.99. The Kier molecular flexibility index (Phi) is 5.23. The average Bonchev–Trinajstić information content (AvgIpc) is 2.05. The van der Waals surface area contributed by atoms with E-state index in [1.54, 1.807) is 0 Å². The Bertz CT molecular complexity index is 131. The summed E-state index contributed by atoms with van der Waals surface area (Å²) in [7, 11) is 2.18. The van der Waals surface area contributed by atoms with E-state index in [1.807, 2.05) is 0 Å². The molecule has 1 heteroatoms. The van der Waals surface area contributed by atoms with Gasteiger partial charge in [-0.2, -0.15) is 0 Å². The first kappa shape index (κ1) is 11.7. The molecule has 0 radical (unpaired) electrons. The Balaban J connectivity index is 4.17. The van der Waals surface area contributed by atoms with Gasteiger partial charge in [-0.05, 0) is 33.4 Å². The van der Waals surface area contributed by atoms with Crippen molar-refractivity contribution in [3.63, 3.8) is 0 Å². The smallest absolute Gasteiger partial charge is 0.0357 e. The summed E-state index contributed by atoms with van der Waals surface area (Å²) in [5.41, 5.74) is 0.199. The Morgan fingerprint density at radius 1 is 1.33 bits per heavy atom. The summed E-state index contributed by atoms with van der Waals surface area (Å²) in [6.07, 6.45) is 5.71. The largest absolute Gasteiger partial charge is 0.298 e. The maximum absolute atomic E-state index is 3.91. The van der Waals surface area contributed by atoms with Gasteiger partial charge in [0.2, 0.25) is 0 Å². The lowest BCUT2D eigenvalue weighted by atomic mass is 9.94. The first-order valence-corrected chi connectivity index (χ1v) is 4.95. The van der Waals surface area contributed by atoms with Gasteiger partial charge in [0.05, 0.1) is 0 Å². The van der Waals surface area contributed by atoms with E-state index in [0.29, 0.717) is 0 Å². The van der Waals surface area contributed by atoms with E-state index in [4.69, 9.17) is 0 Å². The van der Waals surface area contributed by atoms with Crippen molar-refractivity contribution in [1.29, 1.82) is 0 Å². The van der Waals surface area contributed by atoms with Crippen LogP contribution in [0.1, 0.15) is 40.0 Å². The summed E-state index contributed by atoms with van der Waals surface area (Å²) in [5, 5.41) is 0. The van der Waals surface area contributed by atoms with E-state index in [0.717, 1.165) is 6.54 Å². The topological polar surface area (TPSA) is 3.24 Å². The molecule has 0 rings (SSSR count). The fourth-order valence-electron chi connectivity index (χ4n) is 1.55. The fourth-order valence-corrected chi connectivity index (χ4v) is 1.55. The average molecular weight is 169 g/mol. The van der Waals surface area contributed by atoms with Crippen LogP contribution in [0.25, 0.3) is 0 Å². The second kappa shape index (κ2) is 5.36. The molecule has 0 aliphatic rings. The van der Waals surface area contributed by atoms with Crippen molar-refractivity contribution in [2.45, 2.75) is 45.6 Å². The van der Waals surface area contributed by atoms with Gasteiger partial charge in [-0.1, -0.05) is 26.3 Å². The third-order valence-electron chi connectivity index (χ3n) is 2.63. The van der Waals surface area contributed by atoms with Crippen LogP contribution in [0.3, 0.4) is 0 Å². The lowest BCUT2D eigenvalue weighted by Crippen LogP contribution is -2.42. The first-order chi connectivity index (χ1) is 5.60. The normalized spacial score (nSPS) is 16.1. The zero-order valence-electron chi connectivity index (χ0n) is 9.06. The zero-order chi connectivity index (χ0) is 9.61. The first-order valence-electron chi connectivity index (χ1n) is 4.95. The van der Waals surface area contributed by atoms with E-state index < -0.39 is 0 Å². The fraction of sp³-hybridized carbons (Fsp3) is 0.818. The molecule has 0 fully saturated rings. The molecule has 72 valence electrons. The van der Waals surface area contributed by atoms with Crippen molar-refractivity contribution in [1.82, 2.24) is 4.90 Å². The van der Waals surface area contributed by atoms with Gasteiger partial charge in [-0.15, -0.1) is 6.58 Å². The van der Waals surface area contributed by atoms with Crippen LogP contribution in [0, 0.1) is 0 Å². The van der Waals surface area contributed by atoms with E-state index in [2.05, 4.69) is 45.4 Å². The minimum atomic E-state index is 0.199. The van der Waals surface area contributed by atoms with Gasteiger partial charge in [0.15, 0.2) is 0 Å². The van der Waals surface area contributed by atoms with Gasteiger partial charge < -0.3 is 0 Å². The molecule has 0 aliphatic carbocycles. The highest BCUT2D eigenvalue weighted by Gasteiger charge is 2.23.